The Morgan fingerprint density at radius 3 is 2.41 bits per heavy atom. The minimum Gasteiger partial charge on any atom is -0.494 e. The molecule has 6 heteroatoms. The molecule has 0 spiro atoms. The first kappa shape index (κ1) is 16.1. The maximum absolute atomic E-state index is 14.2. The third-order valence-electron chi connectivity index (χ3n) is 3.08. The minimum absolute atomic E-state index is 0.00542. The van der Waals surface area contributed by atoms with Gasteiger partial charge < -0.3 is 9.64 Å². The summed E-state index contributed by atoms with van der Waals surface area (Å²) in [6.07, 6.45) is 1.71. The highest BCUT2D eigenvalue weighted by Crippen LogP contribution is 2.33. The van der Waals surface area contributed by atoms with Crippen molar-refractivity contribution < 1.29 is 22.3 Å². The quantitative estimate of drug-likeness (QED) is 0.749. The van der Waals surface area contributed by atoms with Gasteiger partial charge in [-0.25, -0.2) is 17.6 Å². The highest BCUT2D eigenvalue weighted by Gasteiger charge is 2.25. The van der Waals surface area contributed by atoms with Gasteiger partial charge in [0.25, 0.3) is 6.43 Å². The molecule has 0 radical (unpaired) electrons. The van der Waals surface area contributed by atoms with E-state index in [0.29, 0.717) is 0 Å². The monoisotopic (exact) mass is 313 g/mol. The van der Waals surface area contributed by atoms with Crippen molar-refractivity contribution in [2.75, 3.05) is 13.2 Å². The molecule has 0 N–H and O–H groups in total. The number of allylic oxidation sites excluding steroid dienone is 3. The number of hydrogen-bond acceptors (Lipinski definition) is 2. The summed E-state index contributed by atoms with van der Waals surface area (Å²) in [6, 6.07) is 2.06. The summed E-state index contributed by atoms with van der Waals surface area (Å²) in [5, 5.41) is 0. The zero-order chi connectivity index (χ0) is 16.3. The molecule has 118 valence electrons. The molecule has 0 amide bonds. The van der Waals surface area contributed by atoms with Crippen molar-refractivity contribution >= 4 is 5.70 Å². The molecule has 22 heavy (non-hydrogen) atoms. The number of alkyl halides is 2. The van der Waals surface area contributed by atoms with Crippen molar-refractivity contribution in [3.63, 3.8) is 0 Å². The van der Waals surface area contributed by atoms with E-state index >= 15 is 0 Å². The fraction of sp³-hybridized carbons (Fsp3) is 0.250. The lowest BCUT2D eigenvalue weighted by atomic mass is 10.0. The highest BCUT2D eigenvalue weighted by molar-refractivity contribution is 5.71. The van der Waals surface area contributed by atoms with E-state index in [2.05, 4.69) is 6.58 Å². The van der Waals surface area contributed by atoms with Gasteiger partial charge in [0.1, 0.15) is 17.4 Å². The van der Waals surface area contributed by atoms with E-state index < -0.39 is 24.6 Å². The van der Waals surface area contributed by atoms with E-state index in [1.807, 2.05) is 0 Å². The summed E-state index contributed by atoms with van der Waals surface area (Å²) in [5.41, 5.74) is -0.133. The Hall–Kier alpha value is -2.24. The first-order valence-corrected chi connectivity index (χ1v) is 6.69. The van der Waals surface area contributed by atoms with Gasteiger partial charge in [0.05, 0.1) is 24.4 Å². The first-order valence-electron chi connectivity index (χ1n) is 6.69. The number of halogens is 4. The zero-order valence-electron chi connectivity index (χ0n) is 12.0. The SMILES string of the molecule is C=C1C=CC=C(c2c(F)cc(OCC)cc2F)N1CC(F)F. The molecule has 1 aliphatic heterocycles. The Bertz CT molecular complexity index is 614. The van der Waals surface area contributed by atoms with Crippen molar-refractivity contribution in [3.05, 3.63) is 59.8 Å². The van der Waals surface area contributed by atoms with Gasteiger partial charge in [-0.2, -0.15) is 0 Å². The molecule has 1 aromatic rings. The molecule has 0 saturated carbocycles. The van der Waals surface area contributed by atoms with E-state index in [4.69, 9.17) is 4.74 Å². The molecule has 0 saturated heterocycles. The standard InChI is InChI=1S/C16H15F4NO/c1-3-22-11-7-12(17)16(13(18)8-11)14-6-4-5-10(2)21(14)9-15(19)20/h4-8,15H,2-3,9H2,1H3. The molecule has 0 unspecified atom stereocenters. The predicted octanol–water partition coefficient (Wildman–Crippen LogP) is 4.36. The van der Waals surface area contributed by atoms with Crippen LogP contribution < -0.4 is 4.74 Å². The van der Waals surface area contributed by atoms with Gasteiger partial charge in [-0.3, -0.25) is 0 Å². The Morgan fingerprint density at radius 2 is 1.86 bits per heavy atom. The molecule has 1 aromatic carbocycles. The third-order valence-corrected chi connectivity index (χ3v) is 3.08. The van der Waals surface area contributed by atoms with Crippen LogP contribution in [0.4, 0.5) is 17.6 Å². The average Bonchev–Trinajstić information content (AvgIpc) is 2.41. The van der Waals surface area contributed by atoms with Crippen LogP contribution >= 0.6 is 0 Å². The van der Waals surface area contributed by atoms with E-state index in [-0.39, 0.29) is 29.3 Å². The van der Waals surface area contributed by atoms with Gasteiger partial charge >= 0.3 is 0 Å². The second kappa shape index (κ2) is 6.68. The fourth-order valence-corrected chi connectivity index (χ4v) is 2.20. The van der Waals surface area contributed by atoms with Crippen molar-refractivity contribution in [1.82, 2.24) is 4.90 Å². The van der Waals surface area contributed by atoms with Crippen LogP contribution in [0.2, 0.25) is 0 Å². The van der Waals surface area contributed by atoms with Gasteiger partial charge in [0.2, 0.25) is 0 Å². The summed E-state index contributed by atoms with van der Waals surface area (Å²) in [5.74, 6) is -1.71. The lowest BCUT2D eigenvalue weighted by molar-refractivity contribution is 0.123. The number of nitrogens with zero attached hydrogens (tertiary/aromatic N) is 1. The molecule has 0 bridgehead atoms. The van der Waals surface area contributed by atoms with Crippen LogP contribution in [0.5, 0.6) is 5.75 Å². The van der Waals surface area contributed by atoms with Crippen molar-refractivity contribution in [2.45, 2.75) is 13.3 Å². The number of hydrogen-bond donors (Lipinski definition) is 0. The molecular formula is C16H15F4NO. The largest absolute Gasteiger partial charge is 0.494 e. The Balaban J connectivity index is 2.46. The molecule has 1 heterocycles. The molecular weight excluding hydrogens is 298 g/mol. The summed E-state index contributed by atoms with van der Waals surface area (Å²) in [7, 11) is 0. The molecule has 1 aliphatic rings. The molecule has 0 fully saturated rings. The average molecular weight is 313 g/mol. The van der Waals surface area contributed by atoms with Crippen LogP contribution in [0, 0.1) is 11.6 Å². The molecule has 0 aromatic heterocycles. The smallest absolute Gasteiger partial charge is 0.256 e. The van der Waals surface area contributed by atoms with Gasteiger partial charge in [-0.1, -0.05) is 12.7 Å². The topological polar surface area (TPSA) is 12.5 Å². The number of benzene rings is 1. The third kappa shape index (κ3) is 3.32. The Labute approximate surface area is 126 Å². The van der Waals surface area contributed by atoms with Crippen LogP contribution in [0.1, 0.15) is 12.5 Å². The van der Waals surface area contributed by atoms with Crippen LogP contribution in [0.3, 0.4) is 0 Å². The lowest BCUT2D eigenvalue weighted by Crippen LogP contribution is -2.28. The lowest BCUT2D eigenvalue weighted by Gasteiger charge is -2.30. The van der Waals surface area contributed by atoms with Gasteiger partial charge in [0, 0.05) is 17.8 Å². The molecule has 0 atom stereocenters. The van der Waals surface area contributed by atoms with Crippen molar-refractivity contribution in [1.29, 1.82) is 0 Å². The van der Waals surface area contributed by atoms with E-state index in [1.54, 1.807) is 6.92 Å². The summed E-state index contributed by atoms with van der Waals surface area (Å²) in [4.78, 5) is 1.09. The molecule has 2 rings (SSSR count). The van der Waals surface area contributed by atoms with Gasteiger partial charge in [-0.05, 0) is 19.1 Å². The van der Waals surface area contributed by atoms with Gasteiger partial charge in [0.15, 0.2) is 0 Å². The van der Waals surface area contributed by atoms with Crippen LogP contribution in [-0.4, -0.2) is 24.5 Å². The van der Waals surface area contributed by atoms with E-state index in [0.717, 1.165) is 17.0 Å². The van der Waals surface area contributed by atoms with Crippen molar-refractivity contribution in [3.8, 4) is 5.75 Å². The number of rotatable bonds is 5. The molecule has 2 nitrogen and oxygen atoms in total. The maximum atomic E-state index is 14.2. The normalized spacial score (nSPS) is 14.5. The van der Waals surface area contributed by atoms with Crippen molar-refractivity contribution in [2.24, 2.45) is 0 Å². The predicted molar refractivity (Wildman–Crippen MR) is 76.5 cm³/mol. The Morgan fingerprint density at radius 1 is 1.23 bits per heavy atom. The second-order valence-electron chi connectivity index (χ2n) is 4.60. The van der Waals surface area contributed by atoms with Crippen LogP contribution in [-0.2, 0) is 0 Å². The zero-order valence-corrected chi connectivity index (χ0v) is 12.0. The van der Waals surface area contributed by atoms with E-state index in [9.17, 15) is 17.6 Å². The summed E-state index contributed by atoms with van der Waals surface area (Å²) >= 11 is 0. The van der Waals surface area contributed by atoms with Crippen LogP contribution in [0.25, 0.3) is 5.70 Å². The summed E-state index contributed by atoms with van der Waals surface area (Å²) < 4.78 is 58.9. The second-order valence-corrected chi connectivity index (χ2v) is 4.60. The first-order chi connectivity index (χ1) is 10.4. The van der Waals surface area contributed by atoms with E-state index in [1.165, 1.54) is 18.2 Å². The number of ether oxygens (including phenoxy) is 1. The van der Waals surface area contributed by atoms with Gasteiger partial charge in [-0.15, -0.1) is 0 Å². The summed E-state index contributed by atoms with van der Waals surface area (Å²) in [6.45, 7) is 4.88. The molecule has 0 aliphatic carbocycles. The minimum atomic E-state index is -2.67. The maximum Gasteiger partial charge on any atom is 0.256 e. The van der Waals surface area contributed by atoms with Crippen LogP contribution in [0.15, 0.2) is 42.6 Å². The fourth-order valence-electron chi connectivity index (χ4n) is 2.20. The highest BCUT2D eigenvalue weighted by atomic mass is 19.3. The Kier molecular flexibility index (Phi) is 4.90.